The fourth-order valence-electron chi connectivity index (χ4n) is 1.02. The fraction of sp³-hybridized carbons (Fsp3) is 0.231. The third-order valence-electron chi connectivity index (χ3n) is 1.82. The highest BCUT2D eigenvalue weighted by molar-refractivity contribution is 8.00. The first-order valence-corrected chi connectivity index (χ1v) is 8.70. The van der Waals surface area contributed by atoms with Gasteiger partial charge in [0.25, 0.3) is 0 Å². The molecular formula is C13H16N2O3S3. The van der Waals surface area contributed by atoms with Crippen LogP contribution in [0.4, 0.5) is 0 Å². The predicted octanol–water partition coefficient (Wildman–Crippen LogP) is 4.11. The smallest absolute Gasteiger partial charge is 0.192 e. The molecule has 0 saturated heterocycles. The van der Waals surface area contributed by atoms with Gasteiger partial charge < -0.3 is 14.2 Å². The first kappa shape index (κ1) is 17.8. The van der Waals surface area contributed by atoms with E-state index in [0.29, 0.717) is 23.0 Å². The summed E-state index contributed by atoms with van der Waals surface area (Å²) in [6, 6.07) is 1.88. The molecule has 1 aromatic heterocycles. The molecule has 1 rings (SSSR count). The maximum Gasteiger partial charge on any atom is 0.192 e. The van der Waals surface area contributed by atoms with Gasteiger partial charge in [-0.1, -0.05) is 43.3 Å². The molecule has 1 aromatic rings. The Morgan fingerprint density at radius 3 is 1.67 bits per heavy atom. The molecule has 0 atom stereocenters. The number of hydrogen-bond donors (Lipinski definition) is 0. The molecule has 0 saturated carbocycles. The van der Waals surface area contributed by atoms with Crippen molar-refractivity contribution in [3.8, 4) is 0 Å². The van der Waals surface area contributed by atoms with E-state index in [1.54, 1.807) is 0 Å². The molecule has 1 heterocycles. The molecule has 21 heavy (non-hydrogen) atoms. The molecule has 0 aromatic carbocycles. The van der Waals surface area contributed by atoms with Crippen LogP contribution in [0.5, 0.6) is 0 Å². The topological polar surface area (TPSA) is 53.5 Å². The maximum absolute atomic E-state index is 5.09. The lowest BCUT2D eigenvalue weighted by Crippen LogP contribution is -1.95. The van der Waals surface area contributed by atoms with Crippen LogP contribution in [-0.2, 0) is 14.2 Å². The number of thioether (sulfide) groups is 3. The zero-order valence-corrected chi connectivity index (χ0v) is 13.8. The van der Waals surface area contributed by atoms with Gasteiger partial charge in [0.15, 0.2) is 5.16 Å². The highest BCUT2D eigenvalue weighted by atomic mass is 32.2. The van der Waals surface area contributed by atoms with Crippen molar-refractivity contribution < 1.29 is 14.2 Å². The van der Waals surface area contributed by atoms with Gasteiger partial charge in [-0.2, -0.15) is 0 Å². The van der Waals surface area contributed by atoms with Gasteiger partial charge in [0, 0.05) is 6.07 Å². The van der Waals surface area contributed by atoms with Crippen LogP contribution in [0.1, 0.15) is 0 Å². The van der Waals surface area contributed by atoms with E-state index in [-0.39, 0.29) is 0 Å². The van der Waals surface area contributed by atoms with Crippen LogP contribution in [0.3, 0.4) is 0 Å². The molecule has 0 aliphatic heterocycles. The van der Waals surface area contributed by atoms with Gasteiger partial charge in [-0.25, -0.2) is 9.97 Å². The minimum atomic E-state index is 0.411. The Morgan fingerprint density at radius 2 is 1.24 bits per heavy atom. The van der Waals surface area contributed by atoms with Crippen LogP contribution in [0.2, 0.25) is 0 Å². The van der Waals surface area contributed by atoms with E-state index >= 15 is 0 Å². The van der Waals surface area contributed by atoms with Crippen LogP contribution in [0.15, 0.2) is 59.8 Å². The molecular weight excluding hydrogens is 328 g/mol. The summed E-state index contributed by atoms with van der Waals surface area (Å²) in [5, 5.41) is 2.25. The Kier molecular flexibility index (Phi) is 9.68. The summed E-state index contributed by atoms with van der Waals surface area (Å²) >= 11 is 4.30. The lowest BCUT2D eigenvalue weighted by Gasteiger charge is -2.07. The highest BCUT2D eigenvalue weighted by Gasteiger charge is 2.07. The van der Waals surface area contributed by atoms with Crippen molar-refractivity contribution in [2.45, 2.75) is 15.2 Å². The summed E-state index contributed by atoms with van der Waals surface area (Å²) in [5.74, 6) is 1.30. The number of nitrogens with zero attached hydrogens (tertiary/aromatic N) is 2. The molecule has 0 aliphatic carbocycles. The van der Waals surface area contributed by atoms with Crippen molar-refractivity contribution in [3.05, 3.63) is 44.6 Å². The molecule has 5 nitrogen and oxygen atoms in total. The minimum Gasteiger partial charge on any atom is -0.491 e. The van der Waals surface area contributed by atoms with Gasteiger partial charge >= 0.3 is 0 Å². The molecule has 0 radical (unpaired) electrons. The van der Waals surface area contributed by atoms with E-state index in [9.17, 15) is 0 Å². The summed E-state index contributed by atoms with van der Waals surface area (Å²) in [4.78, 5) is 8.83. The first-order chi connectivity index (χ1) is 10.3. The number of ether oxygens (including phenoxy) is 3. The van der Waals surface area contributed by atoms with Gasteiger partial charge in [-0.3, -0.25) is 0 Å². The van der Waals surface area contributed by atoms with Gasteiger partial charge in [0.05, 0.1) is 18.8 Å². The standard InChI is InChI=1S/C13H16N2O3S3/c1-4-16-8-19-11-7-12(20-9-17-5-2)15-13(14-11)21-10-18-6-3/h4-7H,1-3,8-10H2. The summed E-state index contributed by atoms with van der Waals surface area (Å²) in [5.41, 5.74) is 0. The fourth-order valence-corrected chi connectivity index (χ4v) is 3.06. The zero-order valence-electron chi connectivity index (χ0n) is 11.4. The van der Waals surface area contributed by atoms with Crippen LogP contribution >= 0.6 is 35.3 Å². The molecule has 0 bridgehead atoms. The molecule has 0 spiro atoms. The predicted molar refractivity (Wildman–Crippen MR) is 88.1 cm³/mol. The second-order valence-corrected chi connectivity index (χ2v) is 5.89. The summed E-state index contributed by atoms with van der Waals surface area (Å²) in [7, 11) is 0. The average molecular weight is 344 g/mol. The van der Waals surface area contributed by atoms with Gasteiger partial charge in [0.2, 0.25) is 0 Å². The van der Waals surface area contributed by atoms with E-state index in [1.165, 1.54) is 54.1 Å². The second kappa shape index (κ2) is 11.4. The Morgan fingerprint density at radius 1 is 0.810 bits per heavy atom. The molecule has 0 fully saturated rings. The molecule has 0 unspecified atom stereocenters. The SMILES string of the molecule is C=COCSc1cc(SCOC=C)nc(SCOC=C)n1. The van der Waals surface area contributed by atoms with Crippen molar-refractivity contribution in [3.63, 3.8) is 0 Å². The number of hydrogen-bond acceptors (Lipinski definition) is 8. The molecule has 0 aliphatic rings. The van der Waals surface area contributed by atoms with Crippen molar-refractivity contribution in [1.82, 2.24) is 9.97 Å². The second-order valence-electron chi connectivity index (χ2n) is 3.11. The number of rotatable bonds is 12. The van der Waals surface area contributed by atoms with Crippen molar-refractivity contribution >= 4 is 35.3 Å². The van der Waals surface area contributed by atoms with Crippen LogP contribution < -0.4 is 0 Å². The van der Waals surface area contributed by atoms with E-state index in [0.717, 1.165) is 10.1 Å². The van der Waals surface area contributed by atoms with Gasteiger partial charge in [-0.15, -0.1) is 0 Å². The normalized spacial score (nSPS) is 9.71. The van der Waals surface area contributed by atoms with Crippen molar-refractivity contribution in [2.24, 2.45) is 0 Å². The van der Waals surface area contributed by atoms with Crippen LogP contribution in [-0.4, -0.2) is 27.8 Å². The van der Waals surface area contributed by atoms with E-state index in [1.807, 2.05) is 6.07 Å². The quantitative estimate of drug-likeness (QED) is 0.140. The average Bonchev–Trinajstić information content (AvgIpc) is 2.48. The molecule has 0 amide bonds. The van der Waals surface area contributed by atoms with Crippen LogP contribution in [0.25, 0.3) is 0 Å². The van der Waals surface area contributed by atoms with E-state index in [2.05, 4.69) is 29.7 Å². The summed E-state index contributed by atoms with van der Waals surface area (Å²) < 4.78 is 15.3. The Bertz CT molecular complexity index is 393. The largest absolute Gasteiger partial charge is 0.491 e. The lowest BCUT2D eigenvalue weighted by molar-refractivity contribution is 0.318. The lowest BCUT2D eigenvalue weighted by atomic mass is 10.7. The van der Waals surface area contributed by atoms with Gasteiger partial charge in [-0.05, 0) is 11.8 Å². The van der Waals surface area contributed by atoms with Crippen molar-refractivity contribution in [2.75, 3.05) is 17.8 Å². The molecule has 8 heteroatoms. The van der Waals surface area contributed by atoms with E-state index in [4.69, 9.17) is 14.2 Å². The van der Waals surface area contributed by atoms with Crippen molar-refractivity contribution in [1.29, 1.82) is 0 Å². The zero-order chi connectivity index (χ0) is 15.3. The monoisotopic (exact) mass is 344 g/mol. The minimum absolute atomic E-state index is 0.411. The first-order valence-electron chi connectivity index (χ1n) is 5.75. The maximum atomic E-state index is 5.09. The highest BCUT2D eigenvalue weighted by Crippen LogP contribution is 2.26. The summed E-state index contributed by atoms with van der Waals surface area (Å²) in [6.07, 6.45) is 4.18. The summed E-state index contributed by atoms with van der Waals surface area (Å²) in [6.45, 7) is 10.5. The van der Waals surface area contributed by atoms with Crippen LogP contribution in [0, 0.1) is 0 Å². The molecule has 114 valence electrons. The Hall–Kier alpha value is -1.25. The van der Waals surface area contributed by atoms with E-state index < -0.39 is 0 Å². The third-order valence-corrected chi connectivity index (χ3v) is 4.03. The Balaban J connectivity index is 2.71. The third kappa shape index (κ3) is 7.93. The molecule has 0 N–H and O–H groups in total. The number of aromatic nitrogens is 2. The van der Waals surface area contributed by atoms with Gasteiger partial charge in [0.1, 0.15) is 27.9 Å². The Labute approximate surface area is 137 Å².